The van der Waals surface area contributed by atoms with Gasteiger partial charge in [0.1, 0.15) is 0 Å². The van der Waals surface area contributed by atoms with E-state index in [2.05, 4.69) is 65.2 Å². The van der Waals surface area contributed by atoms with Crippen LogP contribution in [-0.2, 0) is 0 Å². The summed E-state index contributed by atoms with van der Waals surface area (Å²) >= 11 is 0. The second-order valence-corrected chi connectivity index (χ2v) is 6.76. The third-order valence-corrected chi connectivity index (χ3v) is 4.88. The van der Waals surface area contributed by atoms with Crippen molar-refractivity contribution in [3.8, 4) is 22.5 Å². The molecule has 0 saturated carbocycles. The van der Waals surface area contributed by atoms with Crippen molar-refractivity contribution in [1.82, 2.24) is 15.0 Å². The predicted octanol–water partition coefficient (Wildman–Crippen LogP) is 5.93. The average molecular weight is 325 g/mol. The van der Waals surface area contributed by atoms with Crippen molar-refractivity contribution in [2.75, 3.05) is 0 Å². The molecule has 3 N–H and O–H groups in total. The van der Waals surface area contributed by atoms with Gasteiger partial charge >= 0.3 is 0 Å². The van der Waals surface area contributed by atoms with E-state index in [1.807, 2.05) is 24.5 Å². The summed E-state index contributed by atoms with van der Waals surface area (Å²) in [6.45, 7) is 4.32. The zero-order valence-electron chi connectivity index (χ0n) is 14.3. The first kappa shape index (κ1) is 14.2. The van der Waals surface area contributed by atoms with Crippen LogP contribution in [0, 0.1) is 13.8 Å². The molecule has 0 spiro atoms. The molecule has 0 radical (unpaired) electrons. The Balaban J connectivity index is 1.94. The summed E-state index contributed by atoms with van der Waals surface area (Å²) in [5.41, 5.74) is 9.60. The fraction of sp³-hybridized carbons (Fsp3) is 0.0909. The Labute approximate surface area is 145 Å². The van der Waals surface area contributed by atoms with Crippen LogP contribution < -0.4 is 0 Å². The van der Waals surface area contributed by atoms with Crippen LogP contribution in [0.15, 0.2) is 60.9 Å². The van der Waals surface area contributed by atoms with E-state index in [-0.39, 0.29) is 0 Å². The minimum Gasteiger partial charge on any atom is -0.361 e. The highest BCUT2D eigenvalue weighted by Gasteiger charge is 2.15. The maximum Gasteiger partial charge on any atom is 0.0559 e. The van der Waals surface area contributed by atoms with Gasteiger partial charge in [-0.3, -0.25) is 0 Å². The van der Waals surface area contributed by atoms with Gasteiger partial charge in [0.15, 0.2) is 0 Å². The lowest BCUT2D eigenvalue weighted by Crippen LogP contribution is -1.83. The summed E-state index contributed by atoms with van der Waals surface area (Å²) in [6, 6.07) is 17.4. The van der Waals surface area contributed by atoms with Gasteiger partial charge in [0.05, 0.1) is 11.0 Å². The predicted molar refractivity (Wildman–Crippen MR) is 105 cm³/mol. The normalized spacial score (nSPS) is 11.6. The molecular formula is C22H19N3. The lowest BCUT2D eigenvalue weighted by Gasteiger charge is -2.04. The van der Waals surface area contributed by atoms with Gasteiger partial charge in [-0.1, -0.05) is 0 Å². The zero-order valence-corrected chi connectivity index (χ0v) is 14.3. The van der Waals surface area contributed by atoms with Gasteiger partial charge < -0.3 is 15.0 Å². The fourth-order valence-corrected chi connectivity index (χ4v) is 3.81. The lowest BCUT2D eigenvalue weighted by atomic mass is 10.0. The van der Waals surface area contributed by atoms with Crippen molar-refractivity contribution in [2.45, 2.75) is 13.8 Å². The second-order valence-electron chi connectivity index (χ2n) is 6.76. The van der Waals surface area contributed by atoms with Crippen molar-refractivity contribution in [3.05, 3.63) is 72.1 Å². The van der Waals surface area contributed by atoms with Gasteiger partial charge in [0.2, 0.25) is 0 Å². The van der Waals surface area contributed by atoms with Gasteiger partial charge in [-0.2, -0.15) is 0 Å². The second kappa shape index (κ2) is 5.15. The van der Waals surface area contributed by atoms with Crippen LogP contribution in [0.25, 0.3) is 44.3 Å². The Hall–Kier alpha value is -3.20. The van der Waals surface area contributed by atoms with Crippen molar-refractivity contribution < 1.29 is 0 Å². The standard InChI is InChI=1S/C22H19N3/c1-13-9-15-16-10-14(2)12-18(20-6-4-8-24-20)22(16)25-21(15)17(11-13)19-5-3-7-23-19/h3-12,23-25H,1-2H3. The minimum absolute atomic E-state index is 1.14. The van der Waals surface area contributed by atoms with Crippen molar-refractivity contribution in [3.63, 3.8) is 0 Å². The number of aromatic amines is 3. The fourth-order valence-electron chi connectivity index (χ4n) is 3.81. The van der Waals surface area contributed by atoms with Crippen LogP contribution in [0.3, 0.4) is 0 Å². The number of nitrogens with one attached hydrogen (secondary N) is 3. The molecule has 122 valence electrons. The Morgan fingerprint density at radius 2 is 1.12 bits per heavy atom. The van der Waals surface area contributed by atoms with Crippen LogP contribution in [0.2, 0.25) is 0 Å². The van der Waals surface area contributed by atoms with Gasteiger partial charge in [0, 0.05) is 45.7 Å². The summed E-state index contributed by atoms with van der Waals surface area (Å²) in [5.74, 6) is 0. The molecule has 0 unspecified atom stereocenters. The summed E-state index contributed by atoms with van der Waals surface area (Å²) in [4.78, 5) is 10.4. The summed E-state index contributed by atoms with van der Waals surface area (Å²) < 4.78 is 0. The van der Waals surface area contributed by atoms with Gasteiger partial charge in [-0.15, -0.1) is 0 Å². The molecular weight excluding hydrogens is 306 g/mol. The van der Waals surface area contributed by atoms with E-state index in [4.69, 9.17) is 0 Å². The molecule has 3 aromatic heterocycles. The molecule has 0 atom stereocenters. The Kier molecular flexibility index (Phi) is 2.92. The first-order valence-electron chi connectivity index (χ1n) is 8.55. The average Bonchev–Trinajstić information content (AvgIpc) is 3.34. The summed E-state index contributed by atoms with van der Waals surface area (Å²) in [6.07, 6.45) is 3.95. The van der Waals surface area contributed by atoms with Crippen molar-refractivity contribution in [2.24, 2.45) is 0 Å². The number of H-pyrrole nitrogens is 3. The number of rotatable bonds is 2. The molecule has 3 nitrogen and oxygen atoms in total. The third kappa shape index (κ3) is 2.13. The topological polar surface area (TPSA) is 47.4 Å². The lowest BCUT2D eigenvalue weighted by molar-refractivity contribution is 1.38. The molecule has 0 saturated heterocycles. The minimum atomic E-state index is 1.14. The number of aryl methyl sites for hydroxylation is 2. The number of benzene rings is 2. The first-order valence-corrected chi connectivity index (χ1v) is 8.55. The molecule has 5 rings (SSSR count). The molecule has 0 amide bonds. The van der Waals surface area contributed by atoms with E-state index < -0.39 is 0 Å². The highest BCUT2D eigenvalue weighted by Crippen LogP contribution is 2.38. The van der Waals surface area contributed by atoms with E-state index in [0.29, 0.717) is 0 Å². The first-order chi connectivity index (χ1) is 12.2. The zero-order chi connectivity index (χ0) is 17.0. The molecule has 0 aliphatic carbocycles. The quantitative estimate of drug-likeness (QED) is 0.360. The van der Waals surface area contributed by atoms with Crippen LogP contribution in [0.1, 0.15) is 11.1 Å². The molecule has 2 aromatic carbocycles. The van der Waals surface area contributed by atoms with Gasteiger partial charge in [0.25, 0.3) is 0 Å². The van der Waals surface area contributed by atoms with E-state index in [1.54, 1.807) is 0 Å². The van der Waals surface area contributed by atoms with E-state index >= 15 is 0 Å². The number of hydrogen-bond acceptors (Lipinski definition) is 0. The Morgan fingerprint density at radius 1 is 0.640 bits per heavy atom. The molecule has 3 heterocycles. The molecule has 5 aromatic rings. The molecule has 0 aliphatic heterocycles. The van der Waals surface area contributed by atoms with E-state index in [1.165, 1.54) is 44.1 Å². The maximum atomic E-state index is 3.71. The SMILES string of the molecule is Cc1cc(-c2ccc[nH]2)c2[nH]c3c(-c4ccc[nH]4)cc(C)cc3c2c1. The number of hydrogen-bond donors (Lipinski definition) is 3. The molecule has 0 bridgehead atoms. The Morgan fingerprint density at radius 3 is 1.52 bits per heavy atom. The highest BCUT2D eigenvalue weighted by atomic mass is 14.8. The summed E-state index contributed by atoms with van der Waals surface area (Å²) in [5, 5.41) is 2.55. The van der Waals surface area contributed by atoms with E-state index in [9.17, 15) is 0 Å². The number of aromatic nitrogens is 3. The van der Waals surface area contributed by atoms with Crippen LogP contribution in [-0.4, -0.2) is 15.0 Å². The molecule has 3 heteroatoms. The molecule has 0 fully saturated rings. The largest absolute Gasteiger partial charge is 0.361 e. The van der Waals surface area contributed by atoms with Crippen LogP contribution >= 0.6 is 0 Å². The van der Waals surface area contributed by atoms with Crippen molar-refractivity contribution >= 4 is 21.8 Å². The molecule has 25 heavy (non-hydrogen) atoms. The summed E-state index contributed by atoms with van der Waals surface area (Å²) in [7, 11) is 0. The van der Waals surface area contributed by atoms with Crippen molar-refractivity contribution in [1.29, 1.82) is 0 Å². The highest BCUT2D eigenvalue weighted by molar-refractivity contribution is 6.15. The number of fused-ring (bicyclic) bond motifs is 3. The monoisotopic (exact) mass is 325 g/mol. The smallest absolute Gasteiger partial charge is 0.0559 e. The van der Waals surface area contributed by atoms with Gasteiger partial charge in [-0.05, 0) is 73.5 Å². The molecule has 0 aliphatic rings. The third-order valence-electron chi connectivity index (χ3n) is 4.88. The van der Waals surface area contributed by atoms with E-state index in [0.717, 1.165) is 11.4 Å². The Bertz CT molecular complexity index is 1100. The maximum absolute atomic E-state index is 3.71. The van der Waals surface area contributed by atoms with Crippen LogP contribution in [0.5, 0.6) is 0 Å². The van der Waals surface area contributed by atoms with Gasteiger partial charge in [-0.25, -0.2) is 0 Å². The van der Waals surface area contributed by atoms with Crippen LogP contribution in [0.4, 0.5) is 0 Å².